The minimum Gasteiger partial charge on any atom is -0.456 e. The maximum atomic E-state index is 6.70. The van der Waals surface area contributed by atoms with Gasteiger partial charge in [-0.1, -0.05) is 133 Å². The van der Waals surface area contributed by atoms with Crippen LogP contribution in [0.15, 0.2) is 197 Å². The molecule has 0 saturated carbocycles. The summed E-state index contributed by atoms with van der Waals surface area (Å²) in [5.41, 5.74) is 11.3. The Hall–Kier alpha value is -7.10. The number of para-hydroxylation sites is 2. The minimum atomic E-state index is 0.863. The maximum Gasteiger partial charge on any atom is 0.143 e. The molecule has 0 unspecified atom stereocenters. The zero-order valence-corrected chi connectivity index (χ0v) is 28.7. The van der Waals surface area contributed by atoms with Crippen LogP contribution in [-0.4, -0.2) is 0 Å². The zero-order chi connectivity index (χ0) is 34.9. The number of hydrogen-bond donors (Lipinski definition) is 0. The number of hydrogen-bond acceptors (Lipinski definition) is 3. The fourth-order valence-electron chi connectivity index (χ4n) is 8.08. The lowest BCUT2D eigenvalue weighted by atomic mass is 10.00. The van der Waals surface area contributed by atoms with Gasteiger partial charge in [0.15, 0.2) is 0 Å². The minimum absolute atomic E-state index is 0.863. The highest BCUT2D eigenvalue weighted by Crippen LogP contribution is 2.44. The van der Waals surface area contributed by atoms with E-state index >= 15 is 0 Å². The van der Waals surface area contributed by atoms with Gasteiger partial charge in [-0.05, 0) is 87.4 Å². The number of rotatable bonds is 5. The Morgan fingerprint density at radius 2 is 0.943 bits per heavy atom. The van der Waals surface area contributed by atoms with Crippen LogP contribution in [0.1, 0.15) is 0 Å². The first kappa shape index (κ1) is 29.6. The average Bonchev–Trinajstić information content (AvgIpc) is 3.81. The fraction of sp³-hybridized carbons (Fsp3) is 0. The summed E-state index contributed by atoms with van der Waals surface area (Å²) in [4.78, 5) is 2.34. The molecule has 0 amide bonds. The van der Waals surface area contributed by atoms with Crippen molar-refractivity contribution in [3.05, 3.63) is 188 Å². The molecule has 9 aromatic carbocycles. The summed E-state index contributed by atoms with van der Waals surface area (Å²) in [6.07, 6.45) is 0. The Morgan fingerprint density at radius 1 is 0.340 bits per heavy atom. The first-order valence-electron chi connectivity index (χ1n) is 18.0. The second-order valence-electron chi connectivity index (χ2n) is 13.7. The Kier molecular flexibility index (Phi) is 6.55. The van der Waals surface area contributed by atoms with Gasteiger partial charge in [0.1, 0.15) is 22.3 Å². The summed E-state index contributed by atoms with van der Waals surface area (Å²) in [6.45, 7) is 0. The van der Waals surface area contributed by atoms with E-state index in [4.69, 9.17) is 8.83 Å². The van der Waals surface area contributed by atoms with Gasteiger partial charge in [0, 0.05) is 38.5 Å². The van der Waals surface area contributed by atoms with E-state index in [-0.39, 0.29) is 0 Å². The van der Waals surface area contributed by atoms with E-state index in [0.717, 1.165) is 77.5 Å². The third-order valence-electron chi connectivity index (χ3n) is 10.7. The van der Waals surface area contributed by atoms with Crippen molar-refractivity contribution in [1.29, 1.82) is 0 Å². The van der Waals surface area contributed by atoms with Crippen molar-refractivity contribution in [2.24, 2.45) is 0 Å². The highest BCUT2D eigenvalue weighted by Gasteiger charge is 2.20. The lowest BCUT2D eigenvalue weighted by molar-refractivity contribution is 0.669. The zero-order valence-electron chi connectivity index (χ0n) is 28.7. The number of furan rings is 2. The van der Waals surface area contributed by atoms with E-state index in [1.165, 1.54) is 27.3 Å². The molecule has 0 atom stereocenters. The number of benzene rings is 9. The molecule has 11 rings (SSSR count). The molecular formula is C50H31NO2. The normalized spacial score (nSPS) is 11.8. The third kappa shape index (κ3) is 4.75. The van der Waals surface area contributed by atoms with Crippen molar-refractivity contribution in [2.45, 2.75) is 0 Å². The topological polar surface area (TPSA) is 29.5 Å². The van der Waals surface area contributed by atoms with Crippen LogP contribution in [0.5, 0.6) is 0 Å². The summed E-state index contributed by atoms with van der Waals surface area (Å²) < 4.78 is 13.1. The number of nitrogens with zero attached hydrogens (tertiary/aromatic N) is 1. The van der Waals surface area contributed by atoms with E-state index in [1.54, 1.807) is 0 Å². The van der Waals surface area contributed by atoms with Crippen molar-refractivity contribution in [3.63, 3.8) is 0 Å². The Balaban J connectivity index is 1.05. The van der Waals surface area contributed by atoms with E-state index in [1.807, 2.05) is 12.1 Å². The molecule has 11 aromatic rings. The van der Waals surface area contributed by atoms with Crippen molar-refractivity contribution >= 4 is 82.5 Å². The Labute approximate surface area is 305 Å². The van der Waals surface area contributed by atoms with Gasteiger partial charge in [-0.3, -0.25) is 0 Å². The predicted octanol–water partition coefficient (Wildman–Crippen LogP) is 14.6. The third-order valence-corrected chi connectivity index (χ3v) is 10.7. The SMILES string of the molecule is c1ccc2cc(-c3ccc(N(c4ccc(-c5cccc6c5oc5c7ccccc7ccc65)cc4)c4cccc5oc6ccccc6c45)cc3)ccc2c1. The van der Waals surface area contributed by atoms with Gasteiger partial charge in [-0.15, -0.1) is 0 Å². The van der Waals surface area contributed by atoms with Gasteiger partial charge in [-0.25, -0.2) is 0 Å². The highest BCUT2D eigenvalue weighted by molar-refractivity contribution is 6.17. The Bertz CT molecular complexity index is 3170. The molecule has 3 heteroatoms. The first-order chi connectivity index (χ1) is 26.3. The van der Waals surface area contributed by atoms with Crippen LogP contribution in [0.25, 0.3) is 87.7 Å². The molecule has 53 heavy (non-hydrogen) atoms. The van der Waals surface area contributed by atoms with E-state index in [2.05, 4.69) is 181 Å². The molecule has 0 spiro atoms. The van der Waals surface area contributed by atoms with Gasteiger partial charge < -0.3 is 13.7 Å². The van der Waals surface area contributed by atoms with Crippen LogP contribution in [0.3, 0.4) is 0 Å². The monoisotopic (exact) mass is 677 g/mol. The smallest absolute Gasteiger partial charge is 0.143 e. The van der Waals surface area contributed by atoms with Crippen molar-refractivity contribution < 1.29 is 8.83 Å². The molecule has 2 heterocycles. The summed E-state index contributed by atoms with van der Waals surface area (Å²) in [6, 6.07) is 66.8. The highest BCUT2D eigenvalue weighted by atomic mass is 16.3. The molecular weight excluding hydrogens is 647 g/mol. The van der Waals surface area contributed by atoms with Crippen molar-refractivity contribution in [1.82, 2.24) is 0 Å². The van der Waals surface area contributed by atoms with E-state index in [0.29, 0.717) is 0 Å². The van der Waals surface area contributed by atoms with Crippen LogP contribution in [0.2, 0.25) is 0 Å². The van der Waals surface area contributed by atoms with Crippen LogP contribution in [0.4, 0.5) is 17.1 Å². The largest absolute Gasteiger partial charge is 0.456 e. The molecule has 0 aliphatic heterocycles. The van der Waals surface area contributed by atoms with Gasteiger partial charge >= 0.3 is 0 Å². The summed E-state index contributed by atoms with van der Waals surface area (Å²) in [5.74, 6) is 0. The molecule has 0 bridgehead atoms. The molecule has 0 aliphatic rings. The summed E-state index contributed by atoms with van der Waals surface area (Å²) >= 11 is 0. The molecule has 0 saturated heterocycles. The van der Waals surface area contributed by atoms with Crippen molar-refractivity contribution in [2.75, 3.05) is 4.90 Å². The quantitative estimate of drug-likeness (QED) is 0.182. The van der Waals surface area contributed by atoms with Crippen LogP contribution < -0.4 is 4.90 Å². The van der Waals surface area contributed by atoms with Gasteiger partial charge in [0.2, 0.25) is 0 Å². The standard InChI is InChI=1S/C50H31NO2/c1-2-11-36-31-37(20-19-32(36)9-1)33-21-26-38(27-22-33)51(45-16-8-18-47-48(45)44-13-5-6-17-46(44)52-47)39-28-23-35(24-29-39)41-14-7-15-42-43-30-25-34-10-3-4-12-40(34)50(43)53-49(41)42/h1-31H. The first-order valence-corrected chi connectivity index (χ1v) is 18.0. The van der Waals surface area contributed by atoms with E-state index in [9.17, 15) is 0 Å². The number of anilines is 3. The predicted molar refractivity (Wildman–Crippen MR) is 222 cm³/mol. The van der Waals surface area contributed by atoms with Gasteiger partial charge in [-0.2, -0.15) is 0 Å². The molecule has 248 valence electrons. The molecule has 0 radical (unpaired) electrons. The van der Waals surface area contributed by atoms with Crippen molar-refractivity contribution in [3.8, 4) is 22.3 Å². The lowest BCUT2D eigenvalue weighted by Gasteiger charge is -2.26. The molecule has 0 fully saturated rings. The summed E-state index contributed by atoms with van der Waals surface area (Å²) in [5, 5.41) is 9.23. The van der Waals surface area contributed by atoms with E-state index < -0.39 is 0 Å². The summed E-state index contributed by atoms with van der Waals surface area (Å²) in [7, 11) is 0. The molecule has 2 aromatic heterocycles. The second kappa shape index (κ2) is 11.7. The molecule has 0 N–H and O–H groups in total. The molecule has 0 aliphatic carbocycles. The average molecular weight is 678 g/mol. The van der Waals surface area contributed by atoms with Crippen LogP contribution in [-0.2, 0) is 0 Å². The molecule has 3 nitrogen and oxygen atoms in total. The number of fused-ring (bicyclic) bond motifs is 9. The lowest BCUT2D eigenvalue weighted by Crippen LogP contribution is -2.10. The fourth-order valence-corrected chi connectivity index (χ4v) is 8.08. The van der Waals surface area contributed by atoms with Gasteiger partial charge in [0.25, 0.3) is 0 Å². The van der Waals surface area contributed by atoms with Crippen LogP contribution >= 0.6 is 0 Å². The maximum absolute atomic E-state index is 6.70. The second-order valence-corrected chi connectivity index (χ2v) is 13.7. The Morgan fingerprint density at radius 3 is 1.77 bits per heavy atom. The van der Waals surface area contributed by atoms with Crippen LogP contribution in [0, 0.1) is 0 Å². The van der Waals surface area contributed by atoms with Gasteiger partial charge in [0.05, 0.1) is 11.1 Å².